The zero-order valence-electron chi connectivity index (χ0n) is 16.0. The van der Waals surface area contributed by atoms with Crippen LogP contribution in [0.5, 0.6) is 5.75 Å². The van der Waals surface area contributed by atoms with Gasteiger partial charge in [-0.2, -0.15) is 11.8 Å². The Labute approximate surface area is 147 Å². The SMILES string of the molecule is COCCSCCCc1cc(C(C)(C)C)c(O)c(C(C)(C)C)c1. The van der Waals surface area contributed by atoms with Gasteiger partial charge in [-0.25, -0.2) is 0 Å². The first-order valence-corrected chi connectivity index (χ1v) is 9.66. The highest BCUT2D eigenvalue weighted by atomic mass is 32.2. The number of phenols is 1. The molecule has 0 fully saturated rings. The molecule has 0 aliphatic carbocycles. The third kappa shape index (κ3) is 6.39. The summed E-state index contributed by atoms with van der Waals surface area (Å²) in [6.45, 7) is 13.8. The van der Waals surface area contributed by atoms with Crippen molar-refractivity contribution < 1.29 is 9.84 Å². The Kier molecular flexibility index (Phi) is 7.47. The highest BCUT2D eigenvalue weighted by molar-refractivity contribution is 7.99. The quantitative estimate of drug-likeness (QED) is 0.684. The predicted octanol–water partition coefficient (Wildman–Crippen LogP) is 5.30. The van der Waals surface area contributed by atoms with Crippen molar-refractivity contribution in [3.63, 3.8) is 0 Å². The van der Waals surface area contributed by atoms with E-state index in [2.05, 4.69) is 53.7 Å². The fourth-order valence-corrected chi connectivity index (χ4v) is 3.44. The second kappa shape index (κ2) is 8.43. The number of aryl methyl sites for hydroxylation is 1. The molecule has 0 spiro atoms. The van der Waals surface area contributed by atoms with Crippen molar-refractivity contribution in [3.8, 4) is 5.75 Å². The Morgan fingerprint density at radius 3 is 1.91 bits per heavy atom. The predicted molar refractivity (Wildman–Crippen MR) is 103 cm³/mol. The maximum Gasteiger partial charge on any atom is 0.123 e. The molecule has 0 heterocycles. The number of benzene rings is 1. The average molecular weight is 339 g/mol. The van der Waals surface area contributed by atoms with Crippen LogP contribution in [-0.2, 0) is 22.0 Å². The van der Waals surface area contributed by atoms with Crippen LogP contribution < -0.4 is 0 Å². The maximum absolute atomic E-state index is 10.7. The van der Waals surface area contributed by atoms with Gasteiger partial charge in [0.05, 0.1) is 6.61 Å². The Bertz CT molecular complexity index is 460. The van der Waals surface area contributed by atoms with Crippen LogP contribution in [0, 0.1) is 0 Å². The Morgan fingerprint density at radius 2 is 1.48 bits per heavy atom. The molecule has 1 aromatic rings. The highest BCUT2D eigenvalue weighted by Crippen LogP contribution is 2.40. The van der Waals surface area contributed by atoms with Crippen molar-refractivity contribution in [1.29, 1.82) is 0 Å². The van der Waals surface area contributed by atoms with Crippen LogP contribution in [0.4, 0.5) is 0 Å². The smallest absolute Gasteiger partial charge is 0.123 e. The number of hydrogen-bond donors (Lipinski definition) is 1. The summed E-state index contributed by atoms with van der Waals surface area (Å²) in [4.78, 5) is 0. The van der Waals surface area contributed by atoms with Gasteiger partial charge in [-0.15, -0.1) is 0 Å². The van der Waals surface area contributed by atoms with Crippen molar-refractivity contribution in [3.05, 3.63) is 28.8 Å². The van der Waals surface area contributed by atoms with E-state index in [9.17, 15) is 5.11 Å². The van der Waals surface area contributed by atoms with Gasteiger partial charge in [-0.05, 0) is 46.1 Å². The highest BCUT2D eigenvalue weighted by Gasteiger charge is 2.26. The first kappa shape index (κ1) is 20.4. The largest absolute Gasteiger partial charge is 0.507 e. The van der Waals surface area contributed by atoms with Gasteiger partial charge in [0.1, 0.15) is 5.75 Å². The molecule has 0 atom stereocenters. The summed E-state index contributed by atoms with van der Waals surface area (Å²) in [6, 6.07) is 4.40. The molecule has 0 aliphatic heterocycles. The van der Waals surface area contributed by atoms with E-state index in [0.29, 0.717) is 5.75 Å². The van der Waals surface area contributed by atoms with Crippen molar-refractivity contribution >= 4 is 11.8 Å². The lowest BCUT2D eigenvalue weighted by atomic mass is 9.78. The molecule has 0 aliphatic rings. The van der Waals surface area contributed by atoms with Gasteiger partial charge in [0.25, 0.3) is 0 Å². The van der Waals surface area contributed by atoms with Gasteiger partial charge in [-0.3, -0.25) is 0 Å². The van der Waals surface area contributed by atoms with Gasteiger partial charge in [0, 0.05) is 12.9 Å². The summed E-state index contributed by atoms with van der Waals surface area (Å²) in [7, 11) is 1.75. The fourth-order valence-electron chi connectivity index (χ4n) is 2.60. The molecule has 1 rings (SSSR count). The topological polar surface area (TPSA) is 29.5 Å². The molecule has 0 aromatic heterocycles. The molecule has 0 radical (unpaired) electrons. The minimum Gasteiger partial charge on any atom is -0.507 e. The van der Waals surface area contributed by atoms with Crippen LogP contribution in [0.2, 0.25) is 0 Å². The second-order valence-electron chi connectivity index (χ2n) is 8.25. The molecule has 0 unspecified atom stereocenters. The lowest BCUT2D eigenvalue weighted by Gasteiger charge is -2.28. The standard InChI is InChI=1S/C20H34O2S/c1-19(2,3)16-13-15(9-8-11-23-12-10-22-7)14-17(18(16)21)20(4,5)6/h13-14,21H,8-12H2,1-7H3. The van der Waals surface area contributed by atoms with Crippen LogP contribution in [0.15, 0.2) is 12.1 Å². The average Bonchev–Trinajstić information content (AvgIpc) is 2.41. The summed E-state index contributed by atoms with van der Waals surface area (Å²) in [5, 5.41) is 10.7. The number of thioether (sulfide) groups is 1. The van der Waals surface area contributed by atoms with Crippen LogP contribution in [0.25, 0.3) is 0 Å². The van der Waals surface area contributed by atoms with Crippen LogP contribution in [-0.4, -0.2) is 30.3 Å². The van der Waals surface area contributed by atoms with Crippen molar-refractivity contribution in [2.24, 2.45) is 0 Å². The van der Waals surface area contributed by atoms with E-state index < -0.39 is 0 Å². The molecule has 0 bridgehead atoms. The molecule has 132 valence electrons. The van der Waals surface area contributed by atoms with Gasteiger partial charge in [0.2, 0.25) is 0 Å². The lowest BCUT2D eigenvalue weighted by molar-refractivity contribution is 0.218. The van der Waals surface area contributed by atoms with Crippen molar-refractivity contribution in [1.82, 2.24) is 0 Å². The minimum atomic E-state index is -0.0483. The lowest BCUT2D eigenvalue weighted by Crippen LogP contribution is -2.18. The monoisotopic (exact) mass is 338 g/mol. The molecule has 1 aromatic carbocycles. The normalized spacial score (nSPS) is 12.7. The molecular formula is C20H34O2S. The Hall–Kier alpha value is -0.670. The Morgan fingerprint density at radius 1 is 0.957 bits per heavy atom. The van der Waals surface area contributed by atoms with Crippen LogP contribution in [0.1, 0.15) is 64.7 Å². The minimum absolute atomic E-state index is 0.0483. The zero-order valence-corrected chi connectivity index (χ0v) is 16.8. The molecule has 0 amide bonds. The molecule has 1 N–H and O–H groups in total. The van der Waals surface area contributed by atoms with Crippen molar-refractivity contribution in [2.45, 2.75) is 65.2 Å². The van der Waals surface area contributed by atoms with Gasteiger partial charge in [0.15, 0.2) is 0 Å². The van der Waals surface area contributed by atoms with Crippen LogP contribution in [0.3, 0.4) is 0 Å². The summed E-state index contributed by atoms with van der Waals surface area (Å²) in [6.07, 6.45) is 2.22. The number of hydrogen-bond acceptors (Lipinski definition) is 3. The van der Waals surface area contributed by atoms with Crippen molar-refractivity contribution in [2.75, 3.05) is 25.2 Å². The Balaban J connectivity index is 2.91. The summed E-state index contributed by atoms with van der Waals surface area (Å²) in [5.74, 6) is 2.69. The number of aromatic hydroxyl groups is 1. The second-order valence-corrected chi connectivity index (χ2v) is 9.47. The van der Waals surface area contributed by atoms with E-state index in [1.807, 2.05) is 11.8 Å². The van der Waals surface area contributed by atoms with E-state index in [4.69, 9.17) is 4.74 Å². The van der Waals surface area contributed by atoms with E-state index in [1.165, 1.54) is 5.56 Å². The number of methoxy groups -OCH3 is 1. The molecule has 2 nitrogen and oxygen atoms in total. The summed E-state index contributed by atoms with van der Waals surface area (Å²) < 4.78 is 5.08. The molecule has 3 heteroatoms. The van der Waals surface area contributed by atoms with E-state index in [0.717, 1.165) is 42.1 Å². The number of ether oxygens (including phenoxy) is 1. The summed E-state index contributed by atoms with van der Waals surface area (Å²) in [5.41, 5.74) is 3.37. The van der Waals surface area contributed by atoms with Crippen LogP contribution >= 0.6 is 11.8 Å². The molecule has 23 heavy (non-hydrogen) atoms. The molecule has 0 saturated carbocycles. The van der Waals surface area contributed by atoms with E-state index >= 15 is 0 Å². The zero-order chi connectivity index (χ0) is 17.7. The fraction of sp³-hybridized carbons (Fsp3) is 0.700. The first-order valence-electron chi connectivity index (χ1n) is 8.51. The maximum atomic E-state index is 10.7. The number of phenolic OH excluding ortho intramolecular Hbond substituents is 1. The van der Waals surface area contributed by atoms with Gasteiger partial charge < -0.3 is 9.84 Å². The first-order chi connectivity index (χ1) is 10.6. The van der Waals surface area contributed by atoms with Gasteiger partial charge >= 0.3 is 0 Å². The third-order valence-corrected chi connectivity index (χ3v) is 5.00. The van der Waals surface area contributed by atoms with E-state index in [-0.39, 0.29) is 10.8 Å². The number of rotatable bonds is 7. The van der Waals surface area contributed by atoms with Gasteiger partial charge in [-0.1, -0.05) is 53.7 Å². The summed E-state index contributed by atoms with van der Waals surface area (Å²) >= 11 is 1.95. The molecular weight excluding hydrogens is 304 g/mol. The third-order valence-electron chi connectivity index (χ3n) is 3.97. The van der Waals surface area contributed by atoms with E-state index in [1.54, 1.807) is 7.11 Å². The molecule has 0 saturated heterocycles.